The highest BCUT2D eigenvalue weighted by molar-refractivity contribution is 8.00. The molecule has 5 nitrogen and oxygen atoms in total. The molecule has 112 valence electrons. The molecule has 21 heavy (non-hydrogen) atoms. The Morgan fingerprint density at radius 1 is 1.43 bits per heavy atom. The monoisotopic (exact) mass is 365 g/mol. The molecule has 0 saturated carbocycles. The quantitative estimate of drug-likeness (QED) is 0.387. The highest BCUT2D eigenvalue weighted by Crippen LogP contribution is 2.38. The summed E-state index contributed by atoms with van der Waals surface area (Å²) in [4.78, 5) is 20.0. The normalized spacial score (nSPS) is 13.0. The van der Waals surface area contributed by atoms with Gasteiger partial charge in [0.05, 0.1) is 6.26 Å². The molecule has 0 saturated heterocycles. The number of thioether (sulfide) groups is 1. The average molecular weight is 367 g/mol. The second-order valence-electron chi connectivity index (χ2n) is 3.99. The zero-order valence-corrected chi connectivity index (χ0v) is 13.8. The lowest BCUT2D eigenvalue weighted by Gasteiger charge is -2.24. The predicted octanol–water partition coefficient (Wildman–Crippen LogP) is 3.60. The van der Waals surface area contributed by atoms with Gasteiger partial charge in [0.15, 0.2) is 5.76 Å². The van der Waals surface area contributed by atoms with Crippen molar-refractivity contribution in [3.8, 4) is 0 Å². The standard InChI is InChI=1S/C12H10Cl3N3O2S/c1-7-5-9(17-6-16-7)21-11(12(13,14)15)18-10(19)8-3-2-4-20-8/h2-6,11H,1H3,(H,18,19)/t11-/m1/s1. The summed E-state index contributed by atoms with van der Waals surface area (Å²) >= 11 is 18.9. The van der Waals surface area contributed by atoms with Crippen molar-refractivity contribution in [2.24, 2.45) is 0 Å². The van der Waals surface area contributed by atoms with Gasteiger partial charge in [0.1, 0.15) is 16.7 Å². The van der Waals surface area contributed by atoms with Crippen LogP contribution in [-0.4, -0.2) is 25.0 Å². The van der Waals surface area contributed by atoms with E-state index in [1.54, 1.807) is 12.1 Å². The molecule has 0 aromatic carbocycles. The van der Waals surface area contributed by atoms with E-state index in [1.807, 2.05) is 6.92 Å². The van der Waals surface area contributed by atoms with Crippen LogP contribution in [0.5, 0.6) is 0 Å². The molecule has 9 heteroatoms. The fourth-order valence-electron chi connectivity index (χ4n) is 1.39. The molecule has 0 radical (unpaired) electrons. The number of aromatic nitrogens is 2. The van der Waals surface area contributed by atoms with Crippen molar-refractivity contribution in [1.82, 2.24) is 15.3 Å². The van der Waals surface area contributed by atoms with Crippen molar-refractivity contribution in [3.05, 3.63) is 42.2 Å². The highest BCUT2D eigenvalue weighted by Gasteiger charge is 2.35. The van der Waals surface area contributed by atoms with E-state index in [4.69, 9.17) is 39.2 Å². The number of carbonyl (C=O) groups excluding carboxylic acids is 1. The lowest BCUT2D eigenvalue weighted by molar-refractivity contribution is 0.0922. The summed E-state index contributed by atoms with van der Waals surface area (Å²) in [5.74, 6) is -0.344. The Hall–Kier alpha value is -0.950. The van der Waals surface area contributed by atoms with Crippen molar-refractivity contribution < 1.29 is 9.21 Å². The van der Waals surface area contributed by atoms with E-state index in [9.17, 15) is 4.79 Å². The second-order valence-corrected chi connectivity index (χ2v) is 7.48. The van der Waals surface area contributed by atoms with E-state index in [-0.39, 0.29) is 5.76 Å². The third-order valence-corrected chi connectivity index (χ3v) is 4.54. The SMILES string of the molecule is Cc1cc(S[C@@H](NC(=O)c2ccco2)C(Cl)(Cl)Cl)ncn1. The minimum atomic E-state index is -1.72. The van der Waals surface area contributed by atoms with Crippen molar-refractivity contribution in [3.63, 3.8) is 0 Å². The Labute approximate surface area is 140 Å². The summed E-state index contributed by atoms with van der Waals surface area (Å²) in [6, 6.07) is 4.84. The topological polar surface area (TPSA) is 68.0 Å². The van der Waals surface area contributed by atoms with Crippen LogP contribution in [0.15, 0.2) is 40.2 Å². The molecular formula is C12H10Cl3N3O2S. The number of amides is 1. The number of nitrogens with zero attached hydrogens (tertiary/aromatic N) is 2. The minimum absolute atomic E-state index is 0.133. The van der Waals surface area contributed by atoms with Crippen LogP contribution in [0, 0.1) is 6.92 Å². The molecule has 0 aliphatic rings. The van der Waals surface area contributed by atoms with Gasteiger partial charge >= 0.3 is 0 Å². The summed E-state index contributed by atoms with van der Waals surface area (Å²) in [5, 5.41) is 2.34. The largest absolute Gasteiger partial charge is 0.459 e. The van der Waals surface area contributed by atoms with Crippen LogP contribution in [0.4, 0.5) is 0 Å². The number of rotatable bonds is 4. The van der Waals surface area contributed by atoms with E-state index in [0.717, 1.165) is 17.5 Å². The lowest BCUT2D eigenvalue weighted by atomic mass is 10.4. The number of hydrogen-bond acceptors (Lipinski definition) is 5. The van der Waals surface area contributed by atoms with Crippen molar-refractivity contribution in [2.45, 2.75) is 21.1 Å². The van der Waals surface area contributed by atoms with E-state index in [0.29, 0.717) is 5.03 Å². The Balaban J connectivity index is 2.14. The predicted molar refractivity (Wildman–Crippen MR) is 82.9 cm³/mol. The fourth-order valence-corrected chi connectivity index (χ4v) is 2.84. The molecule has 1 amide bonds. The van der Waals surface area contributed by atoms with E-state index < -0.39 is 15.1 Å². The molecule has 0 aliphatic heterocycles. The van der Waals surface area contributed by atoms with Crippen LogP contribution in [0.2, 0.25) is 0 Å². The number of nitrogens with one attached hydrogen (secondary N) is 1. The van der Waals surface area contributed by atoms with Gasteiger partial charge in [-0.25, -0.2) is 9.97 Å². The summed E-state index contributed by atoms with van der Waals surface area (Å²) in [5.41, 5.74) is 0.771. The second kappa shape index (κ2) is 6.87. The smallest absolute Gasteiger partial charge is 0.287 e. The molecule has 0 spiro atoms. The van der Waals surface area contributed by atoms with Gasteiger partial charge in [0.25, 0.3) is 5.91 Å². The first-order valence-electron chi connectivity index (χ1n) is 5.72. The van der Waals surface area contributed by atoms with Gasteiger partial charge in [-0.05, 0) is 25.1 Å². The summed E-state index contributed by atoms with van der Waals surface area (Å²) in [6.07, 6.45) is 2.79. The first-order valence-corrected chi connectivity index (χ1v) is 7.74. The van der Waals surface area contributed by atoms with Gasteiger partial charge < -0.3 is 9.73 Å². The van der Waals surface area contributed by atoms with Crippen LogP contribution in [0.1, 0.15) is 16.2 Å². The maximum atomic E-state index is 12.0. The molecule has 2 rings (SSSR count). The zero-order chi connectivity index (χ0) is 15.5. The first-order chi connectivity index (χ1) is 9.86. The molecule has 1 N–H and O–H groups in total. The van der Waals surface area contributed by atoms with Crippen LogP contribution < -0.4 is 5.32 Å². The van der Waals surface area contributed by atoms with Crippen molar-refractivity contribution >= 4 is 52.5 Å². The maximum absolute atomic E-state index is 12.0. The van der Waals surface area contributed by atoms with Crippen molar-refractivity contribution in [2.75, 3.05) is 0 Å². The molecule has 0 unspecified atom stereocenters. The van der Waals surface area contributed by atoms with E-state index in [1.165, 1.54) is 18.7 Å². The number of furan rings is 1. The third-order valence-electron chi connectivity index (χ3n) is 2.32. The Kier molecular flexibility index (Phi) is 5.37. The van der Waals surface area contributed by atoms with Gasteiger partial charge in [-0.15, -0.1) is 0 Å². The number of hydrogen-bond donors (Lipinski definition) is 1. The van der Waals surface area contributed by atoms with E-state index in [2.05, 4.69) is 15.3 Å². The van der Waals surface area contributed by atoms with Crippen LogP contribution in [0.25, 0.3) is 0 Å². The summed E-state index contributed by atoms with van der Waals surface area (Å²) in [6.45, 7) is 1.82. The van der Waals surface area contributed by atoms with Gasteiger partial charge in [-0.2, -0.15) is 0 Å². The molecule has 0 bridgehead atoms. The maximum Gasteiger partial charge on any atom is 0.287 e. The van der Waals surface area contributed by atoms with Gasteiger partial charge in [-0.3, -0.25) is 4.79 Å². The number of carbonyl (C=O) groups is 1. The third kappa shape index (κ3) is 4.78. The highest BCUT2D eigenvalue weighted by atomic mass is 35.6. The molecule has 2 aromatic rings. The van der Waals surface area contributed by atoms with Gasteiger partial charge in [0, 0.05) is 5.69 Å². The van der Waals surface area contributed by atoms with Crippen LogP contribution in [0.3, 0.4) is 0 Å². The number of halogens is 3. The number of alkyl halides is 3. The van der Waals surface area contributed by atoms with Crippen molar-refractivity contribution in [1.29, 1.82) is 0 Å². The van der Waals surface area contributed by atoms with Crippen LogP contribution >= 0.6 is 46.6 Å². The molecule has 2 heterocycles. The summed E-state index contributed by atoms with van der Waals surface area (Å²) in [7, 11) is 0. The fraction of sp³-hybridized carbons (Fsp3) is 0.250. The Morgan fingerprint density at radius 3 is 2.76 bits per heavy atom. The van der Waals surface area contributed by atoms with Crippen LogP contribution in [-0.2, 0) is 0 Å². The molecule has 2 aromatic heterocycles. The van der Waals surface area contributed by atoms with Gasteiger partial charge in [-0.1, -0.05) is 46.6 Å². The average Bonchev–Trinajstić information content (AvgIpc) is 2.90. The molecule has 0 fully saturated rings. The van der Waals surface area contributed by atoms with Gasteiger partial charge in [0.2, 0.25) is 3.79 Å². The zero-order valence-electron chi connectivity index (χ0n) is 10.7. The lowest BCUT2D eigenvalue weighted by Crippen LogP contribution is -2.41. The molecular weight excluding hydrogens is 357 g/mol. The molecule has 0 aliphatic carbocycles. The first kappa shape index (κ1) is 16.4. The Bertz CT molecular complexity index is 616. The Morgan fingerprint density at radius 2 is 2.19 bits per heavy atom. The minimum Gasteiger partial charge on any atom is -0.459 e. The van der Waals surface area contributed by atoms with E-state index >= 15 is 0 Å². The molecule has 1 atom stereocenters. The number of aryl methyl sites for hydroxylation is 1. The summed E-state index contributed by atoms with van der Waals surface area (Å²) < 4.78 is 3.29.